The van der Waals surface area contributed by atoms with E-state index >= 15 is 0 Å². The third-order valence-corrected chi connectivity index (χ3v) is 8.44. The summed E-state index contributed by atoms with van der Waals surface area (Å²) in [6.45, 7) is 2.21. The molecule has 7 rings (SSSR count). The summed E-state index contributed by atoms with van der Waals surface area (Å²) >= 11 is 6.38. The van der Waals surface area contributed by atoms with Gasteiger partial charge in [-0.05, 0) is 48.7 Å². The van der Waals surface area contributed by atoms with Crippen LogP contribution in [0, 0.1) is 11.6 Å². The normalized spacial score (nSPS) is 10.9. The van der Waals surface area contributed by atoms with Crippen LogP contribution in [0.1, 0.15) is 12.8 Å². The summed E-state index contributed by atoms with van der Waals surface area (Å²) < 4.78 is 30.9. The summed E-state index contributed by atoms with van der Waals surface area (Å²) in [4.78, 5) is 28.0. The lowest BCUT2D eigenvalue weighted by Crippen LogP contribution is -2.30. The molecule has 7 aromatic rings. The first kappa shape index (κ1) is 36.5. The molecule has 3 heterocycles. The van der Waals surface area contributed by atoms with Crippen molar-refractivity contribution in [3.63, 3.8) is 0 Å². The van der Waals surface area contributed by atoms with Gasteiger partial charge in [-0.25, -0.2) is 23.4 Å². The average Bonchev–Trinajstić information content (AvgIpc) is 3.93. The molecule has 53 heavy (non-hydrogen) atoms. The van der Waals surface area contributed by atoms with Crippen molar-refractivity contribution >= 4 is 57.1 Å². The van der Waals surface area contributed by atoms with Gasteiger partial charge in [0.15, 0.2) is 23.3 Å². The smallest absolute Gasteiger partial charge is 0.320 e. The van der Waals surface area contributed by atoms with Gasteiger partial charge in [-0.2, -0.15) is 10.2 Å². The van der Waals surface area contributed by atoms with E-state index in [0.717, 1.165) is 35.0 Å². The van der Waals surface area contributed by atoms with Crippen LogP contribution in [0.15, 0.2) is 97.6 Å². The minimum absolute atomic E-state index is 0.0980. The van der Waals surface area contributed by atoms with Crippen LogP contribution in [-0.4, -0.2) is 61.6 Å². The zero-order chi connectivity index (χ0) is 37.2. The Kier molecular flexibility index (Phi) is 11.9. The van der Waals surface area contributed by atoms with Crippen LogP contribution >= 0.6 is 11.6 Å². The molecule has 3 aromatic heterocycles. The quantitative estimate of drug-likeness (QED) is 0.0685. The number of fused-ring (bicyclic) bond motifs is 2. The predicted molar refractivity (Wildman–Crippen MR) is 203 cm³/mol. The number of imidazole rings is 1. The van der Waals surface area contributed by atoms with Crippen LogP contribution in [0.3, 0.4) is 0 Å². The SMILES string of the molecule is NCCCNC(=O)Nc1n[nH]c2cc(Cl)c(-c3ccccc3)cc12.O=C(NCCCn1ccnc1)Nc1n[nH]c2c(F)c(F)c(-c3ccccc3)cc12. The lowest BCUT2D eigenvalue weighted by Gasteiger charge is -2.08. The van der Waals surface area contributed by atoms with Gasteiger partial charge in [0.05, 0.1) is 16.9 Å². The Bertz CT molecular complexity index is 2300. The zero-order valence-electron chi connectivity index (χ0n) is 28.3. The molecule has 0 aliphatic rings. The zero-order valence-corrected chi connectivity index (χ0v) is 29.1. The Morgan fingerprint density at radius 3 is 2.02 bits per heavy atom. The van der Waals surface area contributed by atoms with E-state index in [2.05, 4.69) is 46.6 Å². The van der Waals surface area contributed by atoms with Gasteiger partial charge in [-0.1, -0.05) is 72.3 Å². The summed E-state index contributed by atoms with van der Waals surface area (Å²) in [6.07, 6.45) is 6.67. The fourth-order valence-electron chi connectivity index (χ4n) is 5.48. The standard InChI is InChI=1S/C20H18F2N6O.C17H18ClN5O/c21-16-14(13-5-2-1-3-6-13)11-15-18(17(16)22)26-27-19(15)25-20(29)24-7-4-9-28-10-8-23-12-28;18-14-10-15-13(9-12(14)11-5-2-1-3-6-11)16(23-22-15)21-17(24)20-8-4-7-19/h1-3,5-6,8,10-12H,4,7,9H2,(H3,24,25,26,27,29);1-3,5-6,9-10H,4,7-8,19H2,(H3,20,21,22,23,24). The predicted octanol–water partition coefficient (Wildman–Crippen LogP) is 7.27. The molecule has 0 aliphatic heterocycles. The number of aryl methyl sites for hydroxylation is 1. The molecule has 0 fully saturated rings. The molecule has 0 bridgehead atoms. The number of halogens is 3. The molecule has 0 saturated heterocycles. The number of nitrogens with one attached hydrogen (secondary N) is 6. The van der Waals surface area contributed by atoms with Gasteiger partial charge in [0.2, 0.25) is 0 Å². The first-order valence-electron chi connectivity index (χ1n) is 16.7. The third kappa shape index (κ3) is 8.95. The average molecular weight is 740 g/mol. The van der Waals surface area contributed by atoms with E-state index in [1.807, 2.05) is 53.2 Å². The molecule has 4 aromatic carbocycles. The Morgan fingerprint density at radius 1 is 0.774 bits per heavy atom. The Labute approximate surface area is 307 Å². The van der Waals surface area contributed by atoms with Gasteiger partial charge in [0.25, 0.3) is 0 Å². The number of aromatic nitrogens is 6. The molecule has 0 atom stereocenters. The number of nitrogens with two attached hydrogens (primary N) is 1. The van der Waals surface area contributed by atoms with E-state index in [4.69, 9.17) is 17.3 Å². The van der Waals surface area contributed by atoms with E-state index in [1.165, 1.54) is 6.07 Å². The minimum atomic E-state index is -1.04. The largest absolute Gasteiger partial charge is 0.338 e. The third-order valence-electron chi connectivity index (χ3n) is 8.13. The van der Waals surface area contributed by atoms with Crippen molar-refractivity contribution < 1.29 is 18.4 Å². The number of carbonyl (C=O) groups excluding carboxylic acids is 2. The number of hydrogen-bond donors (Lipinski definition) is 7. The number of amides is 4. The number of urea groups is 2. The van der Waals surface area contributed by atoms with E-state index in [9.17, 15) is 18.4 Å². The topological polar surface area (TPSA) is 183 Å². The van der Waals surface area contributed by atoms with Gasteiger partial charge >= 0.3 is 12.1 Å². The van der Waals surface area contributed by atoms with Crippen molar-refractivity contribution in [1.29, 1.82) is 0 Å². The molecule has 0 saturated carbocycles. The van der Waals surface area contributed by atoms with Gasteiger partial charge in [0, 0.05) is 53.9 Å². The van der Waals surface area contributed by atoms with E-state index < -0.39 is 17.7 Å². The second-order valence-corrected chi connectivity index (χ2v) is 12.2. The van der Waals surface area contributed by atoms with E-state index in [0.29, 0.717) is 42.5 Å². The van der Waals surface area contributed by atoms with Crippen LogP contribution in [0.5, 0.6) is 0 Å². The molecular weight excluding hydrogens is 704 g/mol. The van der Waals surface area contributed by atoms with Crippen LogP contribution in [0.2, 0.25) is 5.02 Å². The number of hydrogen-bond acceptors (Lipinski definition) is 6. The molecular formula is C37H36ClF2N11O2. The Balaban J connectivity index is 0.000000185. The number of benzene rings is 4. The maximum atomic E-state index is 14.5. The fourth-order valence-corrected chi connectivity index (χ4v) is 5.75. The number of carbonyl (C=O) groups is 2. The lowest BCUT2D eigenvalue weighted by molar-refractivity contribution is 0.251. The highest BCUT2D eigenvalue weighted by molar-refractivity contribution is 6.34. The number of anilines is 2. The molecule has 0 unspecified atom stereocenters. The Hall–Kier alpha value is -6.32. The van der Waals surface area contributed by atoms with Crippen molar-refractivity contribution in [2.75, 3.05) is 30.3 Å². The molecule has 0 spiro atoms. The first-order valence-corrected chi connectivity index (χ1v) is 17.1. The van der Waals surface area contributed by atoms with Crippen LogP contribution < -0.4 is 27.0 Å². The van der Waals surface area contributed by atoms with Crippen molar-refractivity contribution in [3.05, 3.63) is 114 Å². The molecule has 13 nitrogen and oxygen atoms in total. The number of nitrogens with zero attached hydrogens (tertiary/aromatic N) is 4. The molecule has 4 amide bonds. The van der Waals surface area contributed by atoms with Crippen LogP contribution in [0.4, 0.5) is 30.0 Å². The Morgan fingerprint density at radius 2 is 1.38 bits per heavy atom. The second kappa shape index (κ2) is 17.3. The van der Waals surface area contributed by atoms with Gasteiger partial charge in [-0.3, -0.25) is 20.8 Å². The molecule has 272 valence electrons. The van der Waals surface area contributed by atoms with E-state index in [-0.39, 0.29) is 28.3 Å². The summed E-state index contributed by atoms with van der Waals surface area (Å²) in [7, 11) is 0. The monoisotopic (exact) mass is 739 g/mol. The van der Waals surface area contributed by atoms with Gasteiger partial charge < -0.3 is 20.9 Å². The maximum Gasteiger partial charge on any atom is 0.320 e. The molecule has 0 radical (unpaired) electrons. The molecule has 0 aliphatic carbocycles. The second-order valence-electron chi connectivity index (χ2n) is 11.8. The summed E-state index contributed by atoms with van der Waals surface area (Å²) in [6, 6.07) is 22.9. The fraction of sp³-hybridized carbons (Fsp3) is 0.162. The summed E-state index contributed by atoms with van der Waals surface area (Å²) in [5.41, 5.74) is 8.59. The summed E-state index contributed by atoms with van der Waals surface area (Å²) in [5, 5.41) is 25.9. The molecule has 8 N–H and O–H groups in total. The summed E-state index contributed by atoms with van der Waals surface area (Å²) in [5.74, 6) is -1.42. The number of H-pyrrole nitrogens is 2. The number of rotatable bonds is 11. The van der Waals surface area contributed by atoms with Crippen molar-refractivity contribution in [2.24, 2.45) is 5.73 Å². The van der Waals surface area contributed by atoms with Crippen LogP contribution in [0.25, 0.3) is 44.1 Å². The maximum absolute atomic E-state index is 14.5. The lowest BCUT2D eigenvalue weighted by atomic mass is 10.0. The van der Waals surface area contributed by atoms with E-state index in [1.54, 1.807) is 42.9 Å². The first-order chi connectivity index (χ1) is 25.8. The van der Waals surface area contributed by atoms with Crippen molar-refractivity contribution in [3.8, 4) is 22.3 Å². The highest BCUT2D eigenvalue weighted by Gasteiger charge is 2.20. The van der Waals surface area contributed by atoms with Gasteiger partial charge in [-0.15, -0.1) is 0 Å². The highest BCUT2D eigenvalue weighted by Crippen LogP contribution is 2.35. The minimum Gasteiger partial charge on any atom is -0.338 e. The number of aromatic amines is 2. The van der Waals surface area contributed by atoms with Gasteiger partial charge in [0.1, 0.15) is 5.52 Å². The highest BCUT2D eigenvalue weighted by atomic mass is 35.5. The van der Waals surface area contributed by atoms with Crippen LogP contribution in [-0.2, 0) is 6.54 Å². The van der Waals surface area contributed by atoms with Crippen molar-refractivity contribution in [2.45, 2.75) is 19.4 Å². The molecule has 16 heteroatoms. The van der Waals surface area contributed by atoms with Crippen molar-refractivity contribution in [1.82, 2.24) is 40.6 Å².